The number of carbonyl (C=O) groups excluding carboxylic acids is 2. The number of likely N-dealkylation sites (N-methyl/N-ethyl adjacent to an activating group) is 1. The molecule has 1 aliphatic carbocycles. The van der Waals surface area contributed by atoms with Crippen molar-refractivity contribution < 1.29 is 9.59 Å². The molecule has 0 radical (unpaired) electrons. The largest absolute Gasteiger partial charge is 0.347 e. The summed E-state index contributed by atoms with van der Waals surface area (Å²) < 4.78 is 0. The molecule has 1 rings (SSSR count). The van der Waals surface area contributed by atoms with E-state index in [1.807, 2.05) is 0 Å². The number of nitrogens with one attached hydrogen (secondary N) is 1. The highest BCUT2D eigenvalue weighted by Crippen LogP contribution is 2.31. The normalized spacial score (nSPS) is 23.7. The lowest BCUT2D eigenvalue weighted by Crippen LogP contribution is -2.49. The van der Waals surface area contributed by atoms with Gasteiger partial charge in [-0.25, -0.2) is 0 Å². The maximum absolute atomic E-state index is 12.4. The summed E-state index contributed by atoms with van der Waals surface area (Å²) in [6, 6.07) is -0.420. The van der Waals surface area contributed by atoms with Crippen molar-refractivity contribution in [2.24, 2.45) is 23.5 Å². The number of hydrogen-bond donors (Lipinski definition) is 2. The Labute approximate surface area is 122 Å². The van der Waals surface area contributed by atoms with E-state index >= 15 is 0 Å². The summed E-state index contributed by atoms with van der Waals surface area (Å²) in [4.78, 5) is 26.1. The molecule has 20 heavy (non-hydrogen) atoms. The van der Waals surface area contributed by atoms with Crippen LogP contribution in [0.25, 0.3) is 0 Å². The summed E-state index contributed by atoms with van der Waals surface area (Å²) in [5.74, 6) is 0.569. The van der Waals surface area contributed by atoms with E-state index in [-0.39, 0.29) is 23.7 Å². The number of amides is 2. The third kappa shape index (κ3) is 4.47. The van der Waals surface area contributed by atoms with Gasteiger partial charge in [-0.2, -0.15) is 0 Å². The van der Waals surface area contributed by atoms with Gasteiger partial charge in [-0.1, -0.05) is 20.3 Å². The maximum Gasteiger partial charge on any atom is 0.244 e. The summed E-state index contributed by atoms with van der Waals surface area (Å²) in [6.45, 7) is 4.66. The quantitative estimate of drug-likeness (QED) is 0.763. The Bertz CT molecular complexity index is 342. The molecule has 0 aromatic heterocycles. The Morgan fingerprint density at radius 1 is 1.30 bits per heavy atom. The average Bonchev–Trinajstić information content (AvgIpc) is 2.84. The molecule has 116 valence electrons. The molecule has 2 amide bonds. The van der Waals surface area contributed by atoms with Crippen molar-refractivity contribution >= 4 is 11.8 Å². The van der Waals surface area contributed by atoms with Crippen LogP contribution >= 0.6 is 0 Å². The first-order chi connectivity index (χ1) is 9.36. The summed E-state index contributed by atoms with van der Waals surface area (Å²) in [6.07, 6.45) is 3.63. The Kier molecular flexibility index (Phi) is 6.46. The number of carbonyl (C=O) groups is 2. The van der Waals surface area contributed by atoms with Crippen LogP contribution in [0.15, 0.2) is 0 Å². The second-order valence-corrected chi connectivity index (χ2v) is 6.46. The molecular formula is C15H29N3O2. The molecule has 3 N–H and O–H groups in total. The molecule has 0 heterocycles. The fourth-order valence-corrected chi connectivity index (χ4v) is 2.95. The predicted octanol–water partition coefficient (Wildman–Crippen LogP) is 0.981. The number of nitrogens with zero attached hydrogens (tertiary/aromatic N) is 1. The minimum absolute atomic E-state index is 0.00111. The second kappa shape index (κ2) is 7.62. The van der Waals surface area contributed by atoms with Gasteiger partial charge in [0.25, 0.3) is 0 Å². The van der Waals surface area contributed by atoms with Crippen molar-refractivity contribution in [2.45, 2.75) is 45.6 Å². The van der Waals surface area contributed by atoms with Crippen molar-refractivity contribution in [3.63, 3.8) is 0 Å². The zero-order valence-electron chi connectivity index (χ0n) is 13.2. The highest BCUT2D eigenvalue weighted by atomic mass is 16.2. The lowest BCUT2D eigenvalue weighted by atomic mass is 9.94. The van der Waals surface area contributed by atoms with Crippen molar-refractivity contribution in [1.82, 2.24) is 10.2 Å². The van der Waals surface area contributed by atoms with Crippen LogP contribution in [0.4, 0.5) is 0 Å². The Hall–Kier alpha value is -1.10. The second-order valence-electron chi connectivity index (χ2n) is 6.46. The molecule has 3 atom stereocenters. The predicted molar refractivity (Wildman–Crippen MR) is 80.0 cm³/mol. The van der Waals surface area contributed by atoms with E-state index in [0.29, 0.717) is 18.9 Å². The summed E-state index contributed by atoms with van der Waals surface area (Å²) >= 11 is 0. The van der Waals surface area contributed by atoms with Crippen LogP contribution in [0.2, 0.25) is 0 Å². The first-order valence-electron chi connectivity index (χ1n) is 7.58. The number of hydrogen-bond acceptors (Lipinski definition) is 3. The van der Waals surface area contributed by atoms with E-state index in [9.17, 15) is 9.59 Å². The van der Waals surface area contributed by atoms with Crippen LogP contribution in [-0.4, -0.2) is 43.4 Å². The smallest absolute Gasteiger partial charge is 0.244 e. The Balaban J connectivity index is 2.68. The van der Waals surface area contributed by atoms with Gasteiger partial charge in [0.1, 0.15) is 6.04 Å². The molecule has 0 aromatic rings. The van der Waals surface area contributed by atoms with Crippen LogP contribution < -0.4 is 11.1 Å². The molecule has 5 heteroatoms. The zero-order valence-corrected chi connectivity index (χ0v) is 13.2. The third-order valence-electron chi connectivity index (χ3n) is 4.06. The lowest BCUT2D eigenvalue weighted by Gasteiger charge is -2.26. The first kappa shape index (κ1) is 17.0. The molecule has 0 saturated heterocycles. The van der Waals surface area contributed by atoms with E-state index in [4.69, 9.17) is 5.73 Å². The van der Waals surface area contributed by atoms with Gasteiger partial charge in [-0.05, 0) is 37.6 Å². The van der Waals surface area contributed by atoms with Gasteiger partial charge >= 0.3 is 0 Å². The van der Waals surface area contributed by atoms with E-state index in [1.54, 1.807) is 19.0 Å². The summed E-state index contributed by atoms with van der Waals surface area (Å²) in [5.41, 5.74) is 5.73. The molecule has 1 aliphatic rings. The van der Waals surface area contributed by atoms with Gasteiger partial charge in [0.15, 0.2) is 0 Å². The standard InChI is InChI=1S/C15H29N3O2/c1-10(2)8-13(15(20)18(3)4)17-14(19)12-7-5-6-11(12)9-16/h10-13H,5-9,16H2,1-4H3,(H,17,19). The molecule has 0 bridgehead atoms. The van der Waals surface area contributed by atoms with Gasteiger partial charge in [-0.3, -0.25) is 9.59 Å². The number of nitrogens with two attached hydrogens (primary N) is 1. The van der Waals surface area contributed by atoms with E-state index < -0.39 is 6.04 Å². The van der Waals surface area contributed by atoms with Crippen LogP contribution in [0.5, 0.6) is 0 Å². The molecular weight excluding hydrogens is 254 g/mol. The van der Waals surface area contributed by atoms with E-state index in [0.717, 1.165) is 19.3 Å². The van der Waals surface area contributed by atoms with Crippen molar-refractivity contribution in [3.05, 3.63) is 0 Å². The van der Waals surface area contributed by atoms with Crippen LogP contribution in [-0.2, 0) is 9.59 Å². The van der Waals surface area contributed by atoms with Gasteiger partial charge < -0.3 is 16.0 Å². The van der Waals surface area contributed by atoms with E-state index in [2.05, 4.69) is 19.2 Å². The van der Waals surface area contributed by atoms with Gasteiger partial charge in [0.2, 0.25) is 11.8 Å². The Morgan fingerprint density at radius 2 is 1.95 bits per heavy atom. The van der Waals surface area contributed by atoms with Crippen LogP contribution in [0, 0.1) is 17.8 Å². The molecule has 0 spiro atoms. The monoisotopic (exact) mass is 283 g/mol. The minimum Gasteiger partial charge on any atom is -0.347 e. The molecule has 5 nitrogen and oxygen atoms in total. The van der Waals surface area contributed by atoms with Gasteiger partial charge in [-0.15, -0.1) is 0 Å². The Morgan fingerprint density at radius 3 is 2.45 bits per heavy atom. The third-order valence-corrected chi connectivity index (χ3v) is 4.06. The van der Waals surface area contributed by atoms with Gasteiger partial charge in [0.05, 0.1) is 0 Å². The highest BCUT2D eigenvalue weighted by molar-refractivity contribution is 5.88. The van der Waals surface area contributed by atoms with Crippen LogP contribution in [0.3, 0.4) is 0 Å². The lowest BCUT2D eigenvalue weighted by molar-refractivity contribution is -0.136. The molecule has 1 fully saturated rings. The topological polar surface area (TPSA) is 75.4 Å². The SMILES string of the molecule is CC(C)CC(NC(=O)C1CCCC1CN)C(=O)N(C)C. The molecule has 3 unspecified atom stereocenters. The van der Waals surface area contributed by atoms with Gasteiger partial charge in [0, 0.05) is 20.0 Å². The van der Waals surface area contributed by atoms with E-state index in [1.165, 1.54) is 0 Å². The molecule has 0 aromatic carbocycles. The van der Waals surface area contributed by atoms with Crippen molar-refractivity contribution in [2.75, 3.05) is 20.6 Å². The average molecular weight is 283 g/mol. The summed E-state index contributed by atoms with van der Waals surface area (Å²) in [5, 5.41) is 2.95. The fraction of sp³-hybridized carbons (Fsp3) is 0.867. The maximum atomic E-state index is 12.4. The zero-order chi connectivity index (χ0) is 15.3. The van der Waals surface area contributed by atoms with Crippen molar-refractivity contribution in [3.8, 4) is 0 Å². The summed E-state index contributed by atoms with van der Waals surface area (Å²) in [7, 11) is 3.44. The highest BCUT2D eigenvalue weighted by Gasteiger charge is 2.34. The first-order valence-corrected chi connectivity index (χ1v) is 7.58. The number of rotatable bonds is 6. The minimum atomic E-state index is -0.420. The molecule has 0 aliphatic heterocycles. The fourth-order valence-electron chi connectivity index (χ4n) is 2.95. The molecule has 1 saturated carbocycles. The van der Waals surface area contributed by atoms with Crippen LogP contribution in [0.1, 0.15) is 39.5 Å². The van der Waals surface area contributed by atoms with Crippen molar-refractivity contribution in [1.29, 1.82) is 0 Å².